The first-order valence-corrected chi connectivity index (χ1v) is 41.8. The maximum atomic E-state index is 14.3. The summed E-state index contributed by atoms with van der Waals surface area (Å²) in [4.78, 5) is 31.4. The first kappa shape index (κ1) is 92.9. The Morgan fingerprint density at radius 1 is 0.239 bits per heavy atom. The Balaban J connectivity index is 0.000000154. The lowest BCUT2D eigenvalue weighted by atomic mass is 9.84. The molecule has 18 rings (SSSR count). The summed E-state index contributed by atoms with van der Waals surface area (Å²) in [6, 6.07) is 78.2. The Labute approximate surface area is 808 Å². The average Bonchev–Trinajstić information content (AvgIpc) is 1.54. The van der Waals surface area contributed by atoms with Crippen LogP contribution >= 0.6 is 0 Å². The van der Waals surface area contributed by atoms with E-state index in [2.05, 4.69) is 74.0 Å². The predicted molar refractivity (Wildman–Crippen MR) is 518 cm³/mol. The van der Waals surface area contributed by atoms with Gasteiger partial charge < -0.3 is 0 Å². The summed E-state index contributed by atoms with van der Waals surface area (Å²) in [5, 5.41) is 109. The molecule has 26 heteroatoms. The van der Waals surface area contributed by atoms with Crippen LogP contribution in [0, 0.1) is 211 Å². The van der Waals surface area contributed by atoms with E-state index in [1.807, 2.05) is 117 Å². The first-order valence-electron chi connectivity index (χ1n) is 41.8. The van der Waals surface area contributed by atoms with Crippen molar-refractivity contribution < 1.29 is 26.3 Å². The number of benzene rings is 12. The molecule has 0 aliphatic heterocycles. The lowest BCUT2D eigenvalue weighted by Crippen LogP contribution is -2.09. The summed E-state index contributed by atoms with van der Waals surface area (Å²) in [5.41, 5.74) is 14.4. The molecule has 652 valence electrons. The number of hydrogen-bond acceptors (Lipinski definition) is 11. The van der Waals surface area contributed by atoms with Crippen LogP contribution < -0.4 is 0 Å². The Morgan fingerprint density at radius 2 is 0.500 bits per heavy atom. The van der Waals surface area contributed by atoms with E-state index >= 15 is 0 Å². The molecule has 0 spiro atoms. The predicted octanol–water partition coefficient (Wildman–Crippen LogP) is 29.1. The highest BCUT2D eigenvalue weighted by atomic mass is 19.4. The largest absolute Gasteiger partial charge is 0.417 e. The van der Waals surface area contributed by atoms with Crippen LogP contribution in [0.15, 0.2) is 240 Å². The third kappa shape index (κ3) is 14.7. The number of nitriles is 11. The van der Waals surface area contributed by atoms with Gasteiger partial charge in [0.15, 0.2) is 5.69 Å². The third-order valence-corrected chi connectivity index (χ3v) is 25.0. The fourth-order valence-electron chi connectivity index (χ4n) is 19.3. The van der Waals surface area contributed by atoms with Gasteiger partial charge in [0.25, 0.3) is 34.2 Å². The standard InChI is InChI=1S/C40H16F6N6.C38H12N8.C38H18N6/c1-19-12-21(14-28(27(19)16-47)39(41,42)43)23-8-6-10-25-32(23)36-35(31(18-49)51-4)26-11-7-9-24(33(26)37(36)34(25)30(17-48)50-3)22-13-20(2)38(52-5)29(15-22)40(44,45)46;1-44-30-13-12-22(15-25(30)18-41)27-7-5-9-29-34(27)38-35(31(19-42)45-2)28-8-4-6-26(21-10-11-23(16-39)24(14-21)17-40)33(28)37(38)36(29)32(20-43)46-3;1-21-16-23(12-13-25(21)18-39)26-8-6-10-28-33(26)37-36(32(20-41)44-5)29-11-7-9-27(24-14-15-30(42-3)22(2)17-24)34(29)38(37)35(28)31(19-40)43-4/h6-15H,1-2H3;4-15H;6-17H,1-2H3/b34-30+,35-31-;2*35-31+,36-32-. The number of aryl methyl sites for hydroxylation is 4. The van der Waals surface area contributed by atoms with Crippen molar-refractivity contribution in [2.45, 2.75) is 40.0 Å². The van der Waals surface area contributed by atoms with Gasteiger partial charge in [-0.05, 0) is 247 Å². The zero-order valence-electron chi connectivity index (χ0n) is 73.8. The molecule has 12 aromatic rings. The minimum absolute atomic E-state index is 0.00659. The molecule has 0 aromatic heterocycles. The second-order valence-electron chi connectivity index (χ2n) is 32.1. The summed E-state index contributed by atoms with van der Waals surface area (Å²) in [6.07, 6.45) is -9.84. The Bertz CT molecular complexity index is 8670. The van der Waals surface area contributed by atoms with Gasteiger partial charge in [-0.15, -0.1) is 0 Å². The van der Waals surface area contributed by atoms with Crippen LogP contribution in [0.4, 0.5) is 43.4 Å². The van der Waals surface area contributed by atoms with Crippen LogP contribution in [-0.2, 0) is 12.4 Å². The van der Waals surface area contributed by atoms with Gasteiger partial charge in [-0.2, -0.15) is 52.7 Å². The lowest BCUT2D eigenvalue weighted by molar-refractivity contribution is -0.138. The van der Waals surface area contributed by atoms with Crippen molar-refractivity contribution in [3.63, 3.8) is 0 Å². The molecule has 0 saturated carbocycles. The van der Waals surface area contributed by atoms with Crippen LogP contribution in [0.1, 0.15) is 128 Å². The summed E-state index contributed by atoms with van der Waals surface area (Å²) in [7, 11) is 0. The van der Waals surface area contributed by atoms with Crippen molar-refractivity contribution >= 4 is 83.9 Å². The van der Waals surface area contributed by atoms with Crippen molar-refractivity contribution in [2.24, 2.45) is 0 Å². The highest BCUT2D eigenvalue weighted by Crippen LogP contribution is 2.67. The van der Waals surface area contributed by atoms with E-state index in [9.17, 15) is 84.2 Å². The van der Waals surface area contributed by atoms with E-state index in [4.69, 9.17) is 59.1 Å². The van der Waals surface area contributed by atoms with Crippen LogP contribution in [0.2, 0.25) is 0 Å². The Kier molecular flexibility index (Phi) is 24.0. The Hall–Kier alpha value is -22.3. The summed E-state index contributed by atoms with van der Waals surface area (Å²) < 4.78 is 85.7. The number of rotatable bonds is 6. The molecule has 0 N–H and O–H groups in total. The molecule has 0 atom stereocenters. The fourth-order valence-corrected chi connectivity index (χ4v) is 19.3. The van der Waals surface area contributed by atoms with Gasteiger partial charge in [0.1, 0.15) is 18.2 Å². The second kappa shape index (κ2) is 36.7. The maximum absolute atomic E-state index is 14.3. The van der Waals surface area contributed by atoms with E-state index in [0.29, 0.717) is 111 Å². The van der Waals surface area contributed by atoms with Gasteiger partial charge >= 0.3 is 12.4 Å². The molecule has 0 unspecified atom stereocenters. The topological polar surface area (TPSA) is 301 Å². The molecule has 142 heavy (non-hydrogen) atoms. The van der Waals surface area contributed by atoms with E-state index in [1.165, 1.54) is 62.4 Å². The molecule has 0 saturated heterocycles. The molecular weight excluding hydrogens is 1790 g/mol. The lowest BCUT2D eigenvalue weighted by Gasteiger charge is -2.20. The summed E-state index contributed by atoms with van der Waals surface area (Å²) in [6.45, 7) is 76.2. The molecule has 6 aliphatic rings. The van der Waals surface area contributed by atoms with Crippen molar-refractivity contribution in [1.29, 1.82) is 57.9 Å². The summed E-state index contributed by atoms with van der Waals surface area (Å²) in [5.74, 6) is 0. The molecule has 0 bridgehead atoms. The number of fused-ring (bicyclic) bond motifs is 12. The quantitative estimate of drug-likeness (QED) is 0.0856. The van der Waals surface area contributed by atoms with E-state index in [-0.39, 0.29) is 123 Å². The van der Waals surface area contributed by atoms with Gasteiger partial charge in [0.05, 0.1) is 147 Å². The van der Waals surface area contributed by atoms with Crippen molar-refractivity contribution in [2.75, 3.05) is 0 Å². The molecule has 0 radical (unpaired) electrons. The van der Waals surface area contributed by atoms with E-state index < -0.39 is 46.1 Å². The second-order valence-corrected chi connectivity index (χ2v) is 32.1. The molecule has 0 amide bonds. The van der Waals surface area contributed by atoms with Gasteiger partial charge in [0, 0.05) is 33.4 Å². The molecule has 0 fully saturated rings. The zero-order chi connectivity index (χ0) is 102. The first-order chi connectivity index (χ1) is 68.6. The average molecular weight is 1830 g/mol. The van der Waals surface area contributed by atoms with Crippen LogP contribution in [0.5, 0.6) is 0 Å². The molecule has 20 nitrogen and oxygen atoms in total. The molecular formula is C116H46F6N20. The van der Waals surface area contributed by atoms with Crippen molar-refractivity contribution in [3.8, 4) is 134 Å². The van der Waals surface area contributed by atoms with E-state index in [1.54, 1.807) is 78.9 Å². The minimum Gasteiger partial charge on any atom is -0.238 e. The number of allylic oxidation sites excluding steroid dienone is 18. The van der Waals surface area contributed by atoms with Crippen LogP contribution in [0.3, 0.4) is 0 Å². The van der Waals surface area contributed by atoms with Crippen molar-refractivity contribution in [1.82, 2.24) is 0 Å². The SMILES string of the molecule is [C-]#[N+]/C(C#N)=C1C2=C(/C(=C(\C#N)[N+]#[C-])c3cccc(-c4cc(C)c(C#N)c(C(F)(F)F)c4)c32)c2c\1cccc2-c1cc(C)c([N+]#[C-])c(C(F)(F)F)c1.[C-]#[N+]/C(C#N)=C1C2=C(/C(=C(\C#N)[N+]#[C-])c3cccc(-c4ccc(C#N)c(C#N)c4)c32)c2c\1cccc2-c1ccc([N+]#[C-])c(C#N)c1.[C-]#[N+]/C(C#N)=C1C2=C(/C(=C(\C#N)[N+]#[C-])c3cccc(-c4ccc(C#N)c(C)c4)c32)c2c\1cccc2-c1ccc([N+]#[C-])c(C)c1. The highest BCUT2D eigenvalue weighted by molar-refractivity contribution is 6.42. The maximum Gasteiger partial charge on any atom is 0.417 e. The number of alkyl halides is 6. The highest BCUT2D eigenvalue weighted by Gasteiger charge is 2.48. The van der Waals surface area contributed by atoms with Crippen LogP contribution in [-0.4, -0.2) is 0 Å². The molecule has 0 heterocycles. The van der Waals surface area contributed by atoms with Gasteiger partial charge in [-0.3, -0.25) is 0 Å². The monoisotopic (exact) mass is 1830 g/mol. The van der Waals surface area contributed by atoms with Gasteiger partial charge in [-0.1, -0.05) is 176 Å². The summed E-state index contributed by atoms with van der Waals surface area (Å²) >= 11 is 0. The molecule has 6 aliphatic carbocycles. The normalized spacial score (nSPS) is 14.4. The zero-order valence-corrected chi connectivity index (χ0v) is 73.8. The number of hydrogen-bond donors (Lipinski definition) is 0. The van der Waals surface area contributed by atoms with Crippen LogP contribution in [0.25, 0.3) is 177 Å². The fraction of sp³-hybridized carbons (Fsp3) is 0.0517. The number of halogens is 6. The minimum atomic E-state index is -4.92. The number of nitrogens with zero attached hydrogens (tertiary/aromatic N) is 20. The molecule has 12 aromatic carbocycles. The van der Waals surface area contributed by atoms with Gasteiger partial charge in [-0.25, -0.2) is 75.2 Å². The van der Waals surface area contributed by atoms with Gasteiger partial charge in [0.2, 0.25) is 11.4 Å². The third-order valence-electron chi connectivity index (χ3n) is 25.0. The van der Waals surface area contributed by atoms with E-state index in [0.717, 1.165) is 56.6 Å². The van der Waals surface area contributed by atoms with Crippen molar-refractivity contribution in [3.05, 3.63) is 471 Å². The smallest absolute Gasteiger partial charge is 0.238 e. The Morgan fingerprint density at radius 3 is 0.775 bits per heavy atom.